The Morgan fingerprint density at radius 2 is 2.05 bits per heavy atom. The lowest BCUT2D eigenvalue weighted by Gasteiger charge is -2.33. The maximum absolute atomic E-state index is 11.3. The fraction of sp³-hybridized carbons (Fsp3) is 0.571. The summed E-state index contributed by atoms with van der Waals surface area (Å²) in [4.78, 5) is 13.0. The number of rotatable bonds is 5. The van der Waals surface area contributed by atoms with Gasteiger partial charge in [0.15, 0.2) is 0 Å². The topological polar surface area (TPSA) is 72.4 Å². The first-order chi connectivity index (χ1) is 9.99. The SMILES string of the molecule is CCN(c1cc(Cl)c(Cl)cc1[N+](=O)[O-])C1CCCC1CN. The molecule has 1 fully saturated rings. The predicted molar refractivity (Wildman–Crippen MR) is 86.3 cm³/mol. The molecular formula is C14H19Cl2N3O2. The number of nitro benzene ring substituents is 1. The first-order valence-electron chi connectivity index (χ1n) is 7.09. The van der Waals surface area contributed by atoms with Crippen molar-refractivity contribution < 1.29 is 4.92 Å². The zero-order valence-electron chi connectivity index (χ0n) is 11.9. The highest BCUT2D eigenvalue weighted by molar-refractivity contribution is 6.42. The van der Waals surface area contributed by atoms with Crippen LogP contribution in [-0.4, -0.2) is 24.1 Å². The average molecular weight is 332 g/mol. The average Bonchev–Trinajstić information content (AvgIpc) is 2.91. The molecule has 116 valence electrons. The molecule has 0 aromatic heterocycles. The molecule has 5 nitrogen and oxygen atoms in total. The van der Waals surface area contributed by atoms with Crippen molar-refractivity contribution in [1.82, 2.24) is 0 Å². The quantitative estimate of drug-likeness (QED) is 0.656. The molecule has 1 saturated carbocycles. The summed E-state index contributed by atoms with van der Waals surface area (Å²) in [6.45, 7) is 3.24. The number of anilines is 1. The van der Waals surface area contributed by atoms with Crippen molar-refractivity contribution in [2.24, 2.45) is 11.7 Å². The normalized spacial score (nSPS) is 21.5. The van der Waals surface area contributed by atoms with E-state index in [1.54, 1.807) is 6.07 Å². The molecule has 0 amide bonds. The smallest absolute Gasteiger partial charge is 0.294 e. The molecule has 0 saturated heterocycles. The molecule has 2 N–H and O–H groups in total. The summed E-state index contributed by atoms with van der Waals surface area (Å²) >= 11 is 12.0. The predicted octanol–water partition coefficient (Wildman–Crippen LogP) is 3.86. The van der Waals surface area contributed by atoms with E-state index in [9.17, 15) is 10.1 Å². The molecule has 1 aromatic rings. The molecule has 1 aliphatic rings. The van der Waals surface area contributed by atoms with Crippen LogP contribution in [0.2, 0.25) is 10.0 Å². The third-order valence-electron chi connectivity index (χ3n) is 4.19. The fourth-order valence-electron chi connectivity index (χ4n) is 3.19. The summed E-state index contributed by atoms with van der Waals surface area (Å²) in [7, 11) is 0. The van der Waals surface area contributed by atoms with Gasteiger partial charge in [-0.25, -0.2) is 0 Å². The molecule has 2 atom stereocenters. The van der Waals surface area contributed by atoms with E-state index in [0.29, 0.717) is 29.7 Å². The van der Waals surface area contributed by atoms with E-state index in [0.717, 1.165) is 19.3 Å². The monoisotopic (exact) mass is 331 g/mol. The number of benzene rings is 1. The third-order valence-corrected chi connectivity index (χ3v) is 4.91. The van der Waals surface area contributed by atoms with Gasteiger partial charge >= 0.3 is 0 Å². The van der Waals surface area contributed by atoms with Gasteiger partial charge in [-0.05, 0) is 38.3 Å². The van der Waals surface area contributed by atoms with Gasteiger partial charge in [0.2, 0.25) is 0 Å². The second kappa shape index (κ2) is 6.81. The van der Waals surface area contributed by atoms with Crippen molar-refractivity contribution in [3.05, 3.63) is 32.3 Å². The van der Waals surface area contributed by atoms with Crippen LogP contribution in [0.15, 0.2) is 12.1 Å². The minimum absolute atomic E-state index is 0.00563. The van der Waals surface area contributed by atoms with Gasteiger partial charge in [0.1, 0.15) is 5.69 Å². The molecule has 7 heteroatoms. The van der Waals surface area contributed by atoms with Crippen molar-refractivity contribution >= 4 is 34.6 Å². The van der Waals surface area contributed by atoms with E-state index in [1.807, 2.05) is 11.8 Å². The first kappa shape index (κ1) is 16.3. The highest BCUT2D eigenvalue weighted by Crippen LogP contribution is 2.40. The number of hydrogen-bond donors (Lipinski definition) is 1. The van der Waals surface area contributed by atoms with E-state index in [2.05, 4.69) is 0 Å². The van der Waals surface area contributed by atoms with E-state index in [1.165, 1.54) is 6.07 Å². The van der Waals surface area contributed by atoms with Gasteiger partial charge in [0, 0.05) is 18.7 Å². The Morgan fingerprint density at radius 1 is 1.38 bits per heavy atom. The van der Waals surface area contributed by atoms with Crippen LogP contribution in [0.4, 0.5) is 11.4 Å². The van der Waals surface area contributed by atoms with Gasteiger partial charge in [-0.1, -0.05) is 29.6 Å². The Morgan fingerprint density at radius 3 is 2.62 bits per heavy atom. The van der Waals surface area contributed by atoms with Crippen LogP contribution in [0, 0.1) is 16.0 Å². The van der Waals surface area contributed by atoms with Crippen molar-refractivity contribution in [2.75, 3.05) is 18.0 Å². The van der Waals surface area contributed by atoms with Gasteiger partial charge in [0.05, 0.1) is 15.0 Å². The lowest BCUT2D eigenvalue weighted by Crippen LogP contribution is -2.40. The molecule has 0 bridgehead atoms. The Hall–Kier alpha value is -1.04. The first-order valence-corrected chi connectivity index (χ1v) is 7.85. The number of nitro groups is 1. The summed E-state index contributed by atoms with van der Waals surface area (Å²) in [5.41, 5.74) is 6.36. The molecular weight excluding hydrogens is 313 g/mol. The van der Waals surface area contributed by atoms with Crippen molar-refractivity contribution in [3.8, 4) is 0 Å². The van der Waals surface area contributed by atoms with Crippen molar-refractivity contribution in [1.29, 1.82) is 0 Å². The Kier molecular flexibility index (Phi) is 5.30. The van der Waals surface area contributed by atoms with Crippen LogP contribution in [0.5, 0.6) is 0 Å². The molecule has 1 aromatic carbocycles. The Bertz CT molecular complexity index is 539. The van der Waals surface area contributed by atoms with Crippen molar-refractivity contribution in [3.63, 3.8) is 0 Å². The molecule has 0 spiro atoms. The van der Waals surface area contributed by atoms with Crippen LogP contribution in [-0.2, 0) is 0 Å². The molecule has 0 heterocycles. The van der Waals surface area contributed by atoms with Crippen LogP contribution >= 0.6 is 23.2 Å². The van der Waals surface area contributed by atoms with Gasteiger partial charge in [-0.2, -0.15) is 0 Å². The minimum atomic E-state index is -0.410. The lowest BCUT2D eigenvalue weighted by atomic mass is 10.0. The maximum atomic E-state index is 11.3. The highest BCUT2D eigenvalue weighted by atomic mass is 35.5. The standard InChI is InChI=1S/C14H19Cl2N3O2/c1-2-18(12-5-3-4-9(12)8-17)13-6-10(15)11(16)7-14(13)19(20)21/h6-7,9,12H,2-5,8,17H2,1H3. The molecule has 0 aliphatic heterocycles. The molecule has 1 aliphatic carbocycles. The number of halogens is 2. The molecule has 0 radical (unpaired) electrons. The highest BCUT2D eigenvalue weighted by Gasteiger charge is 2.33. The Balaban J connectivity index is 2.46. The van der Waals surface area contributed by atoms with Gasteiger partial charge < -0.3 is 10.6 Å². The van der Waals surface area contributed by atoms with Crippen LogP contribution in [0.1, 0.15) is 26.2 Å². The third kappa shape index (κ3) is 3.25. The summed E-state index contributed by atoms with van der Waals surface area (Å²) in [5.74, 6) is 0.360. The number of nitrogens with two attached hydrogens (primary N) is 1. The minimum Gasteiger partial charge on any atom is -0.363 e. The summed E-state index contributed by atoms with van der Waals surface area (Å²) < 4.78 is 0. The van der Waals surface area contributed by atoms with Crippen molar-refractivity contribution in [2.45, 2.75) is 32.2 Å². The van der Waals surface area contributed by atoms with Gasteiger partial charge in [0.25, 0.3) is 5.69 Å². The second-order valence-electron chi connectivity index (χ2n) is 5.29. The second-order valence-corrected chi connectivity index (χ2v) is 6.11. The van der Waals surface area contributed by atoms with Crippen LogP contribution in [0.25, 0.3) is 0 Å². The molecule has 2 rings (SSSR count). The summed E-state index contributed by atoms with van der Waals surface area (Å²) in [6.07, 6.45) is 3.15. The molecule has 21 heavy (non-hydrogen) atoms. The van der Waals surface area contributed by atoms with Crippen LogP contribution < -0.4 is 10.6 Å². The lowest BCUT2D eigenvalue weighted by molar-refractivity contribution is -0.384. The van der Waals surface area contributed by atoms with Gasteiger partial charge in [-0.15, -0.1) is 0 Å². The van der Waals surface area contributed by atoms with E-state index < -0.39 is 4.92 Å². The number of hydrogen-bond acceptors (Lipinski definition) is 4. The van der Waals surface area contributed by atoms with E-state index >= 15 is 0 Å². The zero-order valence-corrected chi connectivity index (χ0v) is 13.4. The van der Waals surface area contributed by atoms with E-state index in [-0.39, 0.29) is 16.8 Å². The molecule has 2 unspecified atom stereocenters. The summed E-state index contributed by atoms with van der Waals surface area (Å²) in [5, 5.41) is 11.9. The maximum Gasteiger partial charge on any atom is 0.294 e. The largest absolute Gasteiger partial charge is 0.363 e. The Labute approximate surface area is 134 Å². The van der Waals surface area contributed by atoms with E-state index in [4.69, 9.17) is 28.9 Å². The van der Waals surface area contributed by atoms with Gasteiger partial charge in [-0.3, -0.25) is 10.1 Å². The zero-order chi connectivity index (χ0) is 15.6. The number of nitrogens with zero attached hydrogens (tertiary/aromatic N) is 2. The fourth-order valence-corrected chi connectivity index (χ4v) is 3.50. The van der Waals surface area contributed by atoms with Crippen LogP contribution in [0.3, 0.4) is 0 Å². The summed E-state index contributed by atoms with van der Waals surface area (Å²) in [6, 6.07) is 3.14.